The third-order valence-corrected chi connectivity index (χ3v) is 5.12. The van der Waals surface area contributed by atoms with E-state index >= 15 is 0 Å². The lowest BCUT2D eigenvalue weighted by Gasteiger charge is -2.09. The Morgan fingerprint density at radius 3 is 2.40 bits per heavy atom. The Kier molecular flexibility index (Phi) is 7.67. The summed E-state index contributed by atoms with van der Waals surface area (Å²) >= 11 is 1.28. The summed E-state index contributed by atoms with van der Waals surface area (Å²) < 4.78 is 25.8. The van der Waals surface area contributed by atoms with Crippen molar-refractivity contribution in [3.05, 3.63) is 54.3 Å². The molecule has 0 radical (unpaired) electrons. The van der Waals surface area contributed by atoms with Crippen LogP contribution in [-0.4, -0.2) is 46.2 Å². The lowest BCUT2D eigenvalue weighted by atomic mass is 10.2. The fourth-order valence-corrected chi connectivity index (χ4v) is 3.37. The maximum atomic E-state index is 13.1. The van der Waals surface area contributed by atoms with Gasteiger partial charge in [0, 0.05) is 12.6 Å². The summed E-state index contributed by atoms with van der Waals surface area (Å²) in [5.41, 5.74) is 0.758. The van der Waals surface area contributed by atoms with Crippen molar-refractivity contribution in [2.45, 2.75) is 12.1 Å². The molecule has 1 heterocycles. The highest BCUT2D eigenvalue weighted by Gasteiger charge is 2.13. The number of aromatic nitrogens is 3. The lowest BCUT2D eigenvalue weighted by molar-refractivity contribution is -0.118. The van der Waals surface area contributed by atoms with Crippen LogP contribution in [0, 0.1) is 5.82 Å². The topological polar surface area (TPSA) is 78.3 Å². The van der Waals surface area contributed by atoms with Crippen molar-refractivity contribution in [2.24, 2.45) is 7.05 Å². The number of carbonyl (C=O) groups excluding carboxylic acids is 1. The summed E-state index contributed by atoms with van der Waals surface area (Å²) in [6.45, 7) is 3.31. The second kappa shape index (κ2) is 10.6. The first kappa shape index (κ1) is 21.6. The van der Waals surface area contributed by atoms with E-state index in [0.717, 1.165) is 17.1 Å². The number of nitrogens with zero attached hydrogens (tertiary/aromatic N) is 3. The first-order valence-electron chi connectivity index (χ1n) is 9.47. The lowest BCUT2D eigenvalue weighted by Crippen LogP contribution is -2.29. The highest BCUT2D eigenvalue weighted by molar-refractivity contribution is 7.99. The summed E-state index contributed by atoms with van der Waals surface area (Å²) in [6.07, 6.45) is 0. The number of thioether (sulfide) groups is 1. The first-order valence-corrected chi connectivity index (χ1v) is 10.5. The number of amides is 1. The van der Waals surface area contributed by atoms with Gasteiger partial charge in [0.1, 0.15) is 23.9 Å². The quantitative estimate of drug-likeness (QED) is 0.393. The average molecular weight is 431 g/mol. The van der Waals surface area contributed by atoms with Crippen LogP contribution in [0.4, 0.5) is 4.39 Å². The van der Waals surface area contributed by atoms with Crippen LogP contribution in [0.15, 0.2) is 53.7 Å². The fraction of sp³-hybridized carbons (Fsp3) is 0.286. The molecule has 3 rings (SSSR count). The van der Waals surface area contributed by atoms with Gasteiger partial charge in [0.15, 0.2) is 11.0 Å². The van der Waals surface area contributed by atoms with Gasteiger partial charge >= 0.3 is 0 Å². The molecule has 0 atom stereocenters. The molecule has 30 heavy (non-hydrogen) atoms. The van der Waals surface area contributed by atoms with E-state index in [9.17, 15) is 9.18 Å². The van der Waals surface area contributed by atoms with Gasteiger partial charge in [-0.25, -0.2) is 4.39 Å². The molecule has 0 bridgehead atoms. The molecule has 0 spiro atoms. The molecule has 158 valence electrons. The fourth-order valence-electron chi connectivity index (χ4n) is 2.63. The SMILES string of the molecule is CCOc1ccc(OCCNC(=O)CSc2nnc(-c3ccc(F)cc3)n2C)cc1. The maximum absolute atomic E-state index is 13.1. The predicted molar refractivity (Wildman–Crippen MR) is 113 cm³/mol. The van der Waals surface area contributed by atoms with Crippen LogP contribution in [-0.2, 0) is 11.8 Å². The van der Waals surface area contributed by atoms with Crippen molar-refractivity contribution in [2.75, 3.05) is 25.5 Å². The van der Waals surface area contributed by atoms with Gasteiger partial charge in [0.2, 0.25) is 5.91 Å². The Morgan fingerprint density at radius 2 is 1.73 bits per heavy atom. The highest BCUT2D eigenvalue weighted by atomic mass is 32.2. The zero-order chi connectivity index (χ0) is 21.3. The Hall–Kier alpha value is -3.07. The molecule has 2 aromatic carbocycles. The van der Waals surface area contributed by atoms with Crippen molar-refractivity contribution < 1.29 is 18.7 Å². The van der Waals surface area contributed by atoms with Gasteiger partial charge < -0.3 is 19.4 Å². The van der Waals surface area contributed by atoms with Gasteiger partial charge in [0.25, 0.3) is 0 Å². The van der Waals surface area contributed by atoms with E-state index in [4.69, 9.17) is 9.47 Å². The number of hydrogen-bond acceptors (Lipinski definition) is 6. The van der Waals surface area contributed by atoms with Gasteiger partial charge in [-0.15, -0.1) is 10.2 Å². The number of ether oxygens (including phenoxy) is 2. The monoisotopic (exact) mass is 430 g/mol. The van der Waals surface area contributed by atoms with Crippen molar-refractivity contribution in [1.29, 1.82) is 0 Å². The maximum Gasteiger partial charge on any atom is 0.230 e. The van der Waals surface area contributed by atoms with E-state index < -0.39 is 0 Å². The molecule has 3 aromatic rings. The van der Waals surface area contributed by atoms with Crippen molar-refractivity contribution in [1.82, 2.24) is 20.1 Å². The number of halogens is 1. The van der Waals surface area contributed by atoms with Gasteiger partial charge in [-0.05, 0) is 55.5 Å². The second-order valence-electron chi connectivity index (χ2n) is 6.26. The molecular weight excluding hydrogens is 407 g/mol. The van der Waals surface area contributed by atoms with Crippen molar-refractivity contribution in [3.63, 3.8) is 0 Å². The Labute approximate surface area is 178 Å². The van der Waals surface area contributed by atoms with E-state index in [2.05, 4.69) is 15.5 Å². The second-order valence-corrected chi connectivity index (χ2v) is 7.21. The van der Waals surface area contributed by atoms with Gasteiger partial charge in [0.05, 0.1) is 18.9 Å². The van der Waals surface area contributed by atoms with Crippen LogP contribution in [0.5, 0.6) is 11.5 Å². The molecule has 0 saturated heterocycles. The molecule has 9 heteroatoms. The standard InChI is InChI=1S/C21H23FN4O3S/c1-3-28-17-8-10-18(11-9-17)29-13-12-23-19(27)14-30-21-25-24-20(26(21)2)15-4-6-16(22)7-5-15/h4-11H,3,12-14H2,1-2H3,(H,23,27). The Balaban J connectivity index is 1.40. The zero-order valence-corrected chi connectivity index (χ0v) is 17.6. The summed E-state index contributed by atoms with van der Waals surface area (Å²) in [5.74, 6) is 1.90. The van der Waals surface area contributed by atoms with E-state index in [1.807, 2.05) is 38.2 Å². The van der Waals surface area contributed by atoms with Crippen molar-refractivity contribution >= 4 is 17.7 Å². The molecule has 0 aliphatic heterocycles. The minimum atomic E-state index is -0.307. The number of carbonyl (C=O) groups is 1. The summed E-state index contributed by atoms with van der Waals surface area (Å²) in [4.78, 5) is 12.1. The molecule has 7 nitrogen and oxygen atoms in total. The minimum absolute atomic E-state index is 0.123. The van der Waals surface area contributed by atoms with Crippen LogP contribution in [0.25, 0.3) is 11.4 Å². The zero-order valence-electron chi connectivity index (χ0n) is 16.8. The molecule has 1 amide bonds. The van der Waals surface area contributed by atoms with E-state index in [1.54, 1.807) is 16.7 Å². The molecule has 0 unspecified atom stereocenters. The number of nitrogens with one attached hydrogen (secondary N) is 1. The smallest absolute Gasteiger partial charge is 0.230 e. The largest absolute Gasteiger partial charge is 0.494 e. The third kappa shape index (κ3) is 5.96. The molecule has 0 fully saturated rings. The summed E-state index contributed by atoms with van der Waals surface area (Å²) in [5, 5.41) is 11.7. The van der Waals surface area contributed by atoms with E-state index in [-0.39, 0.29) is 17.5 Å². The number of rotatable bonds is 10. The van der Waals surface area contributed by atoms with Crippen LogP contribution in [0.3, 0.4) is 0 Å². The highest BCUT2D eigenvalue weighted by Crippen LogP contribution is 2.22. The summed E-state index contributed by atoms with van der Waals surface area (Å²) in [6, 6.07) is 13.4. The molecular formula is C21H23FN4O3S. The molecule has 1 N–H and O–H groups in total. The Bertz CT molecular complexity index is 961. The molecule has 1 aromatic heterocycles. The number of benzene rings is 2. The van der Waals surface area contributed by atoms with Crippen LogP contribution in [0.2, 0.25) is 0 Å². The van der Waals surface area contributed by atoms with Crippen LogP contribution < -0.4 is 14.8 Å². The number of hydrogen-bond donors (Lipinski definition) is 1. The normalized spacial score (nSPS) is 10.6. The summed E-state index contributed by atoms with van der Waals surface area (Å²) in [7, 11) is 1.81. The van der Waals surface area contributed by atoms with Gasteiger partial charge in [-0.3, -0.25) is 4.79 Å². The van der Waals surface area contributed by atoms with Crippen LogP contribution >= 0.6 is 11.8 Å². The van der Waals surface area contributed by atoms with Gasteiger partial charge in [-0.1, -0.05) is 11.8 Å². The van der Waals surface area contributed by atoms with E-state index in [0.29, 0.717) is 30.7 Å². The Morgan fingerprint density at radius 1 is 1.07 bits per heavy atom. The predicted octanol–water partition coefficient (Wildman–Crippen LogP) is 3.31. The van der Waals surface area contributed by atoms with Crippen LogP contribution in [0.1, 0.15) is 6.92 Å². The van der Waals surface area contributed by atoms with E-state index in [1.165, 1.54) is 23.9 Å². The van der Waals surface area contributed by atoms with Crippen molar-refractivity contribution in [3.8, 4) is 22.9 Å². The van der Waals surface area contributed by atoms with Gasteiger partial charge in [-0.2, -0.15) is 0 Å². The molecule has 0 saturated carbocycles. The molecule has 0 aliphatic carbocycles. The first-order chi connectivity index (χ1) is 14.6. The molecule has 0 aliphatic rings. The third-order valence-electron chi connectivity index (χ3n) is 4.10. The minimum Gasteiger partial charge on any atom is -0.494 e. The average Bonchev–Trinajstić information content (AvgIpc) is 3.12.